The Kier molecular flexibility index (Phi) is 10.9. The SMILES string of the molecule is CC(C)(C)OC(=O)N[C@H]1CCCCC/C=C\[C@H]2C[C@@]2(C(=O)NS(=O)(=O)C2CC2)NC(=O)[C@@H]2C[C@@H](NC(=O)c3ccc(S(N)(=O)=O)cc3)CN2C1=O. The van der Waals surface area contributed by atoms with Gasteiger partial charge in [0.15, 0.2) is 0 Å². The Morgan fingerprint density at radius 3 is 2.29 bits per heavy atom. The number of fused-ring (bicyclic) bond motifs is 2. The predicted molar refractivity (Wildman–Crippen MR) is 184 cm³/mol. The van der Waals surface area contributed by atoms with Gasteiger partial charge in [0, 0.05) is 24.1 Å². The first-order valence-electron chi connectivity index (χ1n) is 17.1. The molecule has 18 heteroatoms. The van der Waals surface area contributed by atoms with Crippen LogP contribution in [0.15, 0.2) is 41.3 Å². The third-order valence-electron chi connectivity index (χ3n) is 9.35. The fourth-order valence-electron chi connectivity index (χ4n) is 6.42. The third-order valence-corrected chi connectivity index (χ3v) is 12.1. The van der Waals surface area contributed by atoms with E-state index in [0.29, 0.717) is 32.1 Å². The summed E-state index contributed by atoms with van der Waals surface area (Å²) < 4.78 is 56.3. The number of ether oxygens (including phenoxy) is 1. The molecule has 6 N–H and O–H groups in total. The fourth-order valence-corrected chi connectivity index (χ4v) is 8.30. The highest BCUT2D eigenvalue weighted by Gasteiger charge is 2.62. The van der Waals surface area contributed by atoms with Crippen LogP contribution in [0.4, 0.5) is 4.79 Å². The summed E-state index contributed by atoms with van der Waals surface area (Å²) in [6.07, 6.45) is 6.75. The number of nitrogens with two attached hydrogens (primary N) is 1. The molecule has 5 atom stereocenters. The first kappa shape index (κ1) is 38.2. The van der Waals surface area contributed by atoms with Gasteiger partial charge in [-0.1, -0.05) is 25.0 Å². The number of amides is 5. The summed E-state index contributed by atoms with van der Waals surface area (Å²) in [4.78, 5) is 69.1. The molecular formula is C33H46N6O10S2. The highest BCUT2D eigenvalue weighted by Crippen LogP contribution is 2.46. The molecule has 3 fully saturated rings. The Balaban J connectivity index is 1.42. The number of primary sulfonamides is 1. The summed E-state index contributed by atoms with van der Waals surface area (Å²) in [5.74, 6) is -3.25. The lowest BCUT2D eigenvalue weighted by molar-refractivity contribution is -0.141. The molecule has 2 heterocycles. The van der Waals surface area contributed by atoms with Gasteiger partial charge < -0.3 is 25.6 Å². The topological polar surface area (TPSA) is 240 Å². The second-order valence-electron chi connectivity index (χ2n) is 14.7. The summed E-state index contributed by atoms with van der Waals surface area (Å²) in [5.41, 5.74) is -2.31. The molecule has 2 aliphatic carbocycles. The van der Waals surface area contributed by atoms with Gasteiger partial charge in [-0.15, -0.1) is 0 Å². The predicted octanol–water partition coefficient (Wildman–Crippen LogP) is 0.930. The first-order valence-corrected chi connectivity index (χ1v) is 20.2. The van der Waals surface area contributed by atoms with Crippen LogP contribution in [0.2, 0.25) is 0 Å². The van der Waals surface area contributed by atoms with Crippen LogP contribution in [0.1, 0.15) is 88.9 Å². The first-order chi connectivity index (χ1) is 23.8. The van der Waals surface area contributed by atoms with Crippen molar-refractivity contribution >= 4 is 49.8 Å². The maximum atomic E-state index is 14.2. The molecule has 0 unspecified atom stereocenters. The molecule has 2 aliphatic heterocycles. The number of rotatable bonds is 7. The summed E-state index contributed by atoms with van der Waals surface area (Å²) in [6.45, 7) is 4.91. The number of nitrogens with zero attached hydrogens (tertiary/aromatic N) is 1. The molecule has 1 saturated heterocycles. The van der Waals surface area contributed by atoms with Gasteiger partial charge in [-0.3, -0.25) is 23.9 Å². The Hall–Kier alpha value is -4.03. The van der Waals surface area contributed by atoms with Crippen LogP contribution in [0, 0.1) is 5.92 Å². The molecule has 5 amide bonds. The minimum absolute atomic E-state index is 0.0731. The van der Waals surface area contributed by atoms with Gasteiger partial charge in [0.2, 0.25) is 31.9 Å². The smallest absolute Gasteiger partial charge is 0.408 e. The Bertz CT molecular complexity index is 1800. The molecule has 4 aliphatic rings. The van der Waals surface area contributed by atoms with Crippen molar-refractivity contribution < 1.29 is 45.5 Å². The van der Waals surface area contributed by atoms with E-state index in [4.69, 9.17) is 9.88 Å². The second-order valence-corrected chi connectivity index (χ2v) is 18.2. The molecule has 0 aromatic heterocycles. The minimum Gasteiger partial charge on any atom is -0.444 e. The number of alkyl carbamates (subject to hydrolysis) is 1. The molecule has 1 aromatic rings. The number of carbonyl (C=O) groups excluding carboxylic acids is 5. The van der Waals surface area contributed by atoms with Crippen LogP contribution in [-0.2, 0) is 39.2 Å². The largest absolute Gasteiger partial charge is 0.444 e. The van der Waals surface area contributed by atoms with Crippen LogP contribution in [0.25, 0.3) is 0 Å². The summed E-state index contributed by atoms with van der Waals surface area (Å²) >= 11 is 0. The van der Waals surface area contributed by atoms with Crippen molar-refractivity contribution in [2.24, 2.45) is 11.1 Å². The molecule has 51 heavy (non-hydrogen) atoms. The quantitative estimate of drug-likeness (QED) is 0.247. The van der Waals surface area contributed by atoms with Crippen molar-refractivity contribution in [3.63, 3.8) is 0 Å². The van der Waals surface area contributed by atoms with E-state index in [1.54, 1.807) is 26.8 Å². The van der Waals surface area contributed by atoms with E-state index < -0.39 is 90.2 Å². The Morgan fingerprint density at radius 1 is 0.980 bits per heavy atom. The fraction of sp³-hybridized carbons (Fsp3) is 0.606. The summed E-state index contributed by atoms with van der Waals surface area (Å²) in [5, 5.41) is 12.7. The maximum absolute atomic E-state index is 14.2. The molecule has 280 valence electrons. The average molecular weight is 751 g/mol. The third kappa shape index (κ3) is 9.45. The number of hydrogen-bond acceptors (Lipinski definition) is 10. The lowest BCUT2D eigenvalue weighted by Crippen LogP contribution is -2.58. The zero-order valence-corrected chi connectivity index (χ0v) is 30.5. The number of benzene rings is 1. The van der Waals surface area contributed by atoms with E-state index in [1.165, 1.54) is 29.2 Å². The van der Waals surface area contributed by atoms with E-state index in [-0.39, 0.29) is 36.3 Å². The van der Waals surface area contributed by atoms with E-state index in [0.717, 1.165) is 6.42 Å². The van der Waals surface area contributed by atoms with Crippen LogP contribution in [0.5, 0.6) is 0 Å². The molecule has 1 aromatic carbocycles. The van der Waals surface area contributed by atoms with Gasteiger partial charge in [0.05, 0.1) is 10.1 Å². The van der Waals surface area contributed by atoms with Gasteiger partial charge in [-0.25, -0.2) is 26.8 Å². The van der Waals surface area contributed by atoms with E-state index >= 15 is 0 Å². The second kappa shape index (κ2) is 14.5. The zero-order chi connectivity index (χ0) is 37.4. The van der Waals surface area contributed by atoms with Crippen molar-refractivity contribution in [3.05, 3.63) is 42.0 Å². The zero-order valence-electron chi connectivity index (χ0n) is 28.8. The lowest BCUT2D eigenvalue weighted by Gasteiger charge is -2.30. The number of sulfonamides is 2. The summed E-state index contributed by atoms with van der Waals surface area (Å²) in [7, 11) is -7.92. The van der Waals surface area contributed by atoms with Crippen LogP contribution >= 0.6 is 0 Å². The molecule has 2 saturated carbocycles. The molecular weight excluding hydrogens is 705 g/mol. The Morgan fingerprint density at radius 2 is 1.67 bits per heavy atom. The van der Waals surface area contributed by atoms with Crippen LogP contribution in [0.3, 0.4) is 0 Å². The molecule has 0 bridgehead atoms. The molecule has 16 nitrogen and oxygen atoms in total. The lowest BCUT2D eigenvalue weighted by atomic mass is 10.0. The highest BCUT2D eigenvalue weighted by molar-refractivity contribution is 7.91. The van der Waals surface area contributed by atoms with Crippen molar-refractivity contribution in [1.29, 1.82) is 0 Å². The van der Waals surface area contributed by atoms with E-state index in [2.05, 4.69) is 20.7 Å². The average Bonchev–Trinajstić information content (AvgIpc) is 3.95. The number of hydrogen-bond donors (Lipinski definition) is 5. The van der Waals surface area contributed by atoms with Crippen LogP contribution in [-0.4, -0.2) is 92.5 Å². The van der Waals surface area contributed by atoms with Gasteiger partial charge >= 0.3 is 6.09 Å². The number of nitrogens with one attached hydrogen (secondary N) is 4. The minimum atomic E-state index is -3.99. The van der Waals surface area contributed by atoms with Gasteiger partial charge in [-0.2, -0.15) is 0 Å². The molecule has 0 radical (unpaired) electrons. The van der Waals surface area contributed by atoms with Crippen LogP contribution < -0.4 is 25.8 Å². The summed E-state index contributed by atoms with van der Waals surface area (Å²) in [6, 6.07) is 1.86. The standard InChI is InChI=1S/C33H46N6O10S2/c1-32(2,3)49-31(44)36-25-10-8-6-4-5-7-9-21-18-33(21,30(43)38-51(47,48)24-15-16-24)37-28(41)26-17-22(19-39(26)29(25)42)35-27(40)20-11-13-23(14-12-20)50(34,45)46/h7,9,11-14,21-22,24-26H,4-6,8,10,15-19H2,1-3H3,(H,35,40)(H,36,44)(H,37,41)(H,38,43)(H2,34,45,46)/b9-7-/t21-,22+,25-,26-,33+/m0/s1. The normalized spacial score (nSPS) is 28.1. The van der Waals surface area contributed by atoms with Gasteiger partial charge in [0.1, 0.15) is 23.2 Å². The van der Waals surface area contributed by atoms with Crippen molar-refractivity contribution in [2.75, 3.05) is 6.54 Å². The van der Waals surface area contributed by atoms with Crippen molar-refractivity contribution in [3.8, 4) is 0 Å². The highest BCUT2D eigenvalue weighted by atomic mass is 32.2. The maximum Gasteiger partial charge on any atom is 0.408 e. The van der Waals surface area contributed by atoms with Crippen molar-refractivity contribution in [2.45, 2.75) is 118 Å². The van der Waals surface area contributed by atoms with E-state index in [9.17, 15) is 40.8 Å². The Labute approximate surface area is 297 Å². The number of carbonyl (C=O) groups is 5. The van der Waals surface area contributed by atoms with Gasteiger partial charge in [-0.05, 0) is 90.0 Å². The van der Waals surface area contributed by atoms with Crippen molar-refractivity contribution in [1.82, 2.24) is 25.6 Å². The van der Waals surface area contributed by atoms with E-state index in [1.807, 2.05) is 6.08 Å². The molecule has 0 spiro atoms. The van der Waals surface area contributed by atoms with Gasteiger partial charge in [0.25, 0.3) is 11.8 Å². The molecule has 5 rings (SSSR count). The monoisotopic (exact) mass is 750 g/mol. The number of allylic oxidation sites excluding steroid dienone is 1.